The van der Waals surface area contributed by atoms with Gasteiger partial charge in [0.15, 0.2) is 5.78 Å². The molecule has 0 aliphatic carbocycles. The maximum Gasteiger partial charge on any atom is 0.407 e. The number of amides is 1. The third-order valence-electron chi connectivity index (χ3n) is 3.80. The monoisotopic (exact) mass is 521 g/mol. The number of rotatable bonds is 14. The average Bonchev–Trinajstić information content (AvgIpc) is 3.19. The van der Waals surface area contributed by atoms with Crippen LogP contribution in [0.15, 0.2) is 28.3 Å². The number of ether oxygens (including phenoxy) is 3. The molecule has 12 nitrogen and oxygen atoms in total. The van der Waals surface area contributed by atoms with Gasteiger partial charge in [-0.05, 0) is 29.1 Å². The van der Waals surface area contributed by atoms with Crippen LogP contribution in [0, 0.1) is 0 Å². The van der Waals surface area contributed by atoms with Crippen LogP contribution < -0.4 is 5.32 Å². The van der Waals surface area contributed by atoms with Crippen LogP contribution in [-0.4, -0.2) is 82.7 Å². The van der Waals surface area contributed by atoms with Gasteiger partial charge < -0.3 is 24.6 Å². The van der Waals surface area contributed by atoms with Gasteiger partial charge in [-0.25, -0.2) is 4.79 Å². The predicted molar refractivity (Wildman–Crippen MR) is 117 cm³/mol. The molecule has 1 unspecified atom stereocenters. The summed E-state index contributed by atoms with van der Waals surface area (Å²) in [5, 5.41) is 23.9. The molecule has 2 N–H and O–H groups in total. The molecule has 15 heteroatoms. The van der Waals surface area contributed by atoms with Crippen LogP contribution in [0.4, 0.5) is 4.79 Å². The summed E-state index contributed by atoms with van der Waals surface area (Å²) < 4.78 is 14.8. The van der Waals surface area contributed by atoms with E-state index in [9.17, 15) is 14.4 Å². The number of halogens is 2. The summed E-state index contributed by atoms with van der Waals surface area (Å²) in [6.45, 7) is 0.327. The van der Waals surface area contributed by atoms with Crippen molar-refractivity contribution in [2.75, 3.05) is 33.5 Å². The highest BCUT2D eigenvalue weighted by Gasteiger charge is 2.25. The van der Waals surface area contributed by atoms with E-state index in [2.05, 4.69) is 20.7 Å². The summed E-state index contributed by atoms with van der Waals surface area (Å²) in [4.78, 5) is 37.1. The SMILES string of the molecule is COCCOCCOC(=O)NC(CC(=O)O)C(=O)Cn1nnc(Sc2c(Cl)cccc2Cl)n1. The first kappa shape index (κ1) is 26.8. The fourth-order valence-corrected chi connectivity index (χ4v) is 3.65. The van der Waals surface area contributed by atoms with Crippen molar-refractivity contribution in [1.82, 2.24) is 25.5 Å². The third-order valence-corrected chi connectivity index (χ3v) is 5.64. The van der Waals surface area contributed by atoms with Crippen molar-refractivity contribution in [3.8, 4) is 0 Å². The smallest absolute Gasteiger partial charge is 0.407 e. The van der Waals surface area contributed by atoms with Gasteiger partial charge in [-0.2, -0.15) is 4.80 Å². The van der Waals surface area contributed by atoms with E-state index < -0.39 is 36.9 Å². The molecular weight excluding hydrogens is 501 g/mol. The van der Waals surface area contributed by atoms with E-state index in [-0.39, 0.29) is 18.4 Å². The Kier molecular flexibility index (Phi) is 11.3. The van der Waals surface area contributed by atoms with E-state index in [1.807, 2.05) is 0 Å². The molecule has 180 valence electrons. The molecule has 1 amide bonds. The van der Waals surface area contributed by atoms with Gasteiger partial charge >= 0.3 is 12.1 Å². The molecular formula is C18H21Cl2N5O7S. The second-order valence-electron chi connectivity index (χ2n) is 6.26. The molecule has 0 radical (unpaired) electrons. The highest BCUT2D eigenvalue weighted by molar-refractivity contribution is 7.99. The van der Waals surface area contributed by atoms with Gasteiger partial charge in [0.1, 0.15) is 19.2 Å². The van der Waals surface area contributed by atoms with Gasteiger partial charge in [-0.15, -0.1) is 10.2 Å². The number of benzene rings is 1. The maximum atomic E-state index is 12.6. The number of alkyl carbamates (subject to hydrolysis) is 1. The lowest BCUT2D eigenvalue weighted by Gasteiger charge is -2.15. The third kappa shape index (κ3) is 9.52. The normalized spacial score (nSPS) is 11.7. The molecule has 0 aliphatic rings. The van der Waals surface area contributed by atoms with E-state index in [4.69, 9.17) is 42.5 Å². The molecule has 2 aromatic rings. The predicted octanol–water partition coefficient (Wildman–Crippen LogP) is 1.93. The first-order valence-corrected chi connectivity index (χ1v) is 11.0. The van der Waals surface area contributed by atoms with Crippen molar-refractivity contribution in [1.29, 1.82) is 0 Å². The standard InChI is InChI=1S/C18H21Cl2N5O7S/c1-30-5-6-31-7-8-32-18(29)21-13(9-15(27)28)14(26)10-25-23-17(22-24-25)33-16-11(19)3-2-4-12(16)20/h2-4,13H,5-10H2,1H3,(H,21,29)(H,27,28). The first-order chi connectivity index (χ1) is 15.8. The van der Waals surface area contributed by atoms with E-state index >= 15 is 0 Å². The summed E-state index contributed by atoms with van der Waals surface area (Å²) in [7, 11) is 1.52. The highest BCUT2D eigenvalue weighted by atomic mass is 35.5. The summed E-state index contributed by atoms with van der Waals surface area (Å²) >= 11 is 13.3. The Bertz CT molecular complexity index is 942. The van der Waals surface area contributed by atoms with Gasteiger partial charge in [0.05, 0.1) is 41.2 Å². The average molecular weight is 522 g/mol. The van der Waals surface area contributed by atoms with Crippen LogP contribution in [-0.2, 0) is 30.3 Å². The molecule has 33 heavy (non-hydrogen) atoms. The van der Waals surface area contributed by atoms with E-state index in [0.717, 1.165) is 16.6 Å². The molecule has 0 spiro atoms. The van der Waals surface area contributed by atoms with E-state index in [0.29, 0.717) is 28.2 Å². The second kappa shape index (κ2) is 14.0. The van der Waals surface area contributed by atoms with Gasteiger partial charge in [0, 0.05) is 7.11 Å². The van der Waals surface area contributed by atoms with Crippen LogP contribution in [0.2, 0.25) is 10.0 Å². The number of methoxy groups -OCH3 is 1. The van der Waals surface area contributed by atoms with Crippen LogP contribution in [0.1, 0.15) is 6.42 Å². The number of Topliss-reactive ketones (excluding diaryl/α,β-unsaturated/α-hetero) is 1. The van der Waals surface area contributed by atoms with Gasteiger partial charge in [-0.3, -0.25) is 9.59 Å². The lowest BCUT2D eigenvalue weighted by atomic mass is 10.1. The van der Waals surface area contributed by atoms with Crippen molar-refractivity contribution >= 4 is 52.8 Å². The van der Waals surface area contributed by atoms with Crippen molar-refractivity contribution in [2.45, 2.75) is 29.1 Å². The number of tetrazole rings is 1. The highest BCUT2D eigenvalue weighted by Crippen LogP contribution is 2.36. The van der Waals surface area contributed by atoms with Crippen LogP contribution in [0.25, 0.3) is 0 Å². The minimum atomic E-state index is -1.36. The molecule has 1 heterocycles. The molecule has 0 saturated heterocycles. The quantitative estimate of drug-likeness (QED) is 0.350. The molecule has 1 atom stereocenters. The lowest BCUT2D eigenvalue weighted by Crippen LogP contribution is -2.44. The van der Waals surface area contributed by atoms with Gasteiger partial charge in [0.25, 0.3) is 0 Å². The first-order valence-electron chi connectivity index (χ1n) is 9.44. The van der Waals surface area contributed by atoms with Gasteiger partial charge in [0.2, 0.25) is 5.16 Å². The maximum absolute atomic E-state index is 12.6. The fraction of sp³-hybridized carbons (Fsp3) is 0.444. The molecule has 0 saturated carbocycles. The minimum Gasteiger partial charge on any atom is -0.481 e. The van der Waals surface area contributed by atoms with Crippen molar-refractivity contribution in [2.24, 2.45) is 0 Å². The number of carbonyl (C=O) groups excluding carboxylic acids is 2. The molecule has 1 aromatic carbocycles. The largest absolute Gasteiger partial charge is 0.481 e. The molecule has 0 aliphatic heterocycles. The lowest BCUT2D eigenvalue weighted by molar-refractivity contribution is -0.139. The van der Waals surface area contributed by atoms with Crippen LogP contribution in [0.5, 0.6) is 0 Å². The Labute approximate surface area is 202 Å². The second-order valence-corrected chi connectivity index (χ2v) is 8.05. The van der Waals surface area contributed by atoms with Crippen molar-refractivity contribution in [3.63, 3.8) is 0 Å². The Balaban J connectivity index is 1.91. The number of aromatic nitrogens is 4. The Morgan fingerprint density at radius 3 is 2.55 bits per heavy atom. The van der Waals surface area contributed by atoms with E-state index in [1.54, 1.807) is 18.2 Å². The number of aliphatic carboxylic acids is 1. The summed E-state index contributed by atoms with van der Waals surface area (Å²) in [6.07, 6.45) is -1.61. The Morgan fingerprint density at radius 2 is 1.88 bits per heavy atom. The van der Waals surface area contributed by atoms with Gasteiger partial charge in [-0.1, -0.05) is 29.3 Å². The molecule has 0 bridgehead atoms. The van der Waals surface area contributed by atoms with Crippen LogP contribution in [0.3, 0.4) is 0 Å². The number of hydrogen-bond donors (Lipinski definition) is 2. The number of carbonyl (C=O) groups is 3. The molecule has 2 rings (SSSR count). The minimum absolute atomic E-state index is 0.0840. The number of nitrogens with zero attached hydrogens (tertiary/aromatic N) is 4. The number of carboxylic acids is 1. The summed E-state index contributed by atoms with van der Waals surface area (Å²) in [6, 6.07) is 3.63. The number of nitrogens with one attached hydrogen (secondary N) is 1. The van der Waals surface area contributed by atoms with E-state index in [1.165, 1.54) is 7.11 Å². The number of ketones is 1. The number of carboxylic acid groups (broad SMARTS) is 1. The summed E-state index contributed by atoms with van der Waals surface area (Å²) in [5.74, 6) is -1.94. The molecule has 1 aromatic heterocycles. The Morgan fingerprint density at radius 1 is 1.18 bits per heavy atom. The van der Waals surface area contributed by atoms with Crippen molar-refractivity contribution < 1.29 is 33.7 Å². The summed E-state index contributed by atoms with van der Waals surface area (Å²) in [5.41, 5.74) is 0. The van der Waals surface area contributed by atoms with Crippen LogP contribution >= 0.6 is 35.0 Å². The zero-order valence-electron chi connectivity index (χ0n) is 17.4. The topological polar surface area (TPSA) is 155 Å². The number of hydrogen-bond acceptors (Lipinski definition) is 10. The zero-order chi connectivity index (χ0) is 24.2. The Hall–Kier alpha value is -2.45. The molecule has 0 fully saturated rings. The van der Waals surface area contributed by atoms with Crippen molar-refractivity contribution in [3.05, 3.63) is 28.2 Å². The zero-order valence-corrected chi connectivity index (χ0v) is 19.7. The fourth-order valence-electron chi connectivity index (χ4n) is 2.30.